The molecule has 3 aliphatic rings. The van der Waals surface area contributed by atoms with Gasteiger partial charge in [0.05, 0.1) is 37.4 Å². The number of ether oxygens (including phenoxy) is 2. The molecule has 1 saturated heterocycles. The van der Waals surface area contributed by atoms with Crippen molar-refractivity contribution in [3.63, 3.8) is 0 Å². The molecule has 1 unspecified atom stereocenters. The molecule has 8 heteroatoms. The summed E-state index contributed by atoms with van der Waals surface area (Å²) in [5.41, 5.74) is 2.76. The van der Waals surface area contributed by atoms with Gasteiger partial charge in [-0.05, 0) is 38.2 Å². The van der Waals surface area contributed by atoms with Crippen LogP contribution in [0.5, 0.6) is 5.75 Å². The Balaban J connectivity index is 1.75. The number of carbonyl (C=O) groups is 2. The van der Waals surface area contributed by atoms with Crippen molar-refractivity contribution in [2.75, 3.05) is 26.8 Å². The van der Waals surface area contributed by atoms with Crippen LogP contribution in [0.2, 0.25) is 0 Å². The van der Waals surface area contributed by atoms with Crippen molar-refractivity contribution in [3.05, 3.63) is 52.2 Å². The SMILES string of the molecule is CCOC(=O)C1=C(C)N=C2SC=C(CC(=O)N3CCCC3)N2C1c1ccccc1OC. The van der Waals surface area contributed by atoms with E-state index in [-0.39, 0.29) is 18.9 Å². The molecule has 31 heavy (non-hydrogen) atoms. The van der Waals surface area contributed by atoms with E-state index in [1.165, 1.54) is 11.8 Å². The molecular formula is C23H27N3O4S. The number of amides is 1. The number of carbonyl (C=O) groups excluding carboxylic acids is 2. The summed E-state index contributed by atoms with van der Waals surface area (Å²) in [6.07, 6.45) is 2.37. The molecule has 0 saturated carbocycles. The number of amidine groups is 1. The van der Waals surface area contributed by atoms with E-state index in [4.69, 9.17) is 9.47 Å². The van der Waals surface area contributed by atoms with Gasteiger partial charge in [0.25, 0.3) is 0 Å². The molecule has 3 aliphatic heterocycles. The van der Waals surface area contributed by atoms with Crippen LogP contribution in [0.1, 0.15) is 44.7 Å². The van der Waals surface area contributed by atoms with Gasteiger partial charge in [0.1, 0.15) is 5.75 Å². The first-order valence-corrected chi connectivity index (χ1v) is 11.4. The standard InChI is InChI=1S/C23H27N3O4S/c1-4-30-22(28)20-15(2)24-23-26(21(20)17-9-5-6-10-18(17)29-3)16(14-31-23)13-19(27)25-11-7-8-12-25/h5-6,9-10,14,21H,4,7-8,11-13H2,1-3H3. The summed E-state index contributed by atoms with van der Waals surface area (Å²) in [6.45, 7) is 5.50. The predicted molar refractivity (Wildman–Crippen MR) is 120 cm³/mol. The van der Waals surface area contributed by atoms with Crippen molar-refractivity contribution in [2.24, 2.45) is 4.99 Å². The second-order valence-electron chi connectivity index (χ2n) is 7.62. The molecule has 7 nitrogen and oxygen atoms in total. The van der Waals surface area contributed by atoms with Crippen LogP contribution in [0.3, 0.4) is 0 Å². The lowest BCUT2D eigenvalue weighted by molar-refractivity contribution is -0.139. The van der Waals surface area contributed by atoms with Gasteiger partial charge in [-0.1, -0.05) is 30.0 Å². The van der Waals surface area contributed by atoms with E-state index >= 15 is 0 Å². The van der Waals surface area contributed by atoms with Crippen LogP contribution < -0.4 is 4.74 Å². The first-order chi connectivity index (χ1) is 15.0. The second kappa shape index (κ2) is 9.18. The Morgan fingerprint density at radius 1 is 1.23 bits per heavy atom. The van der Waals surface area contributed by atoms with Gasteiger partial charge in [0.15, 0.2) is 5.17 Å². The molecule has 0 N–H and O–H groups in total. The summed E-state index contributed by atoms with van der Waals surface area (Å²) in [4.78, 5) is 34.5. The summed E-state index contributed by atoms with van der Waals surface area (Å²) in [5.74, 6) is 0.375. The number of fused-ring (bicyclic) bond motifs is 1. The summed E-state index contributed by atoms with van der Waals surface area (Å²) in [5, 5.41) is 2.72. The Morgan fingerprint density at radius 2 is 1.97 bits per heavy atom. The number of para-hydroxylation sites is 1. The number of thioether (sulfide) groups is 1. The second-order valence-corrected chi connectivity index (χ2v) is 8.46. The number of hydrogen-bond donors (Lipinski definition) is 0. The highest BCUT2D eigenvalue weighted by Gasteiger charge is 2.42. The zero-order valence-corrected chi connectivity index (χ0v) is 18.9. The van der Waals surface area contributed by atoms with Gasteiger partial charge < -0.3 is 19.3 Å². The summed E-state index contributed by atoms with van der Waals surface area (Å²) in [7, 11) is 1.61. The minimum Gasteiger partial charge on any atom is -0.496 e. The van der Waals surface area contributed by atoms with Crippen LogP contribution in [0, 0.1) is 0 Å². The van der Waals surface area contributed by atoms with Crippen molar-refractivity contribution in [2.45, 2.75) is 39.2 Å². The smallest absolute Gasteiger partial charge is 0.338 e. The molecule has 0 spiro atoms. The average Bonchev–Trinajstić information content (AvgIpc) is 3.43. The molecule has 1 atom stereocenters. The Bertz CT molecular complexity index is 979. The molecule has 3 heterocycles. The van der Waals surface area contributed by atoms with Crippen molar-refractivity contribution in [3.8, 4) is 5.75 Å². The number of methoxy groups -OCH3 is 1. The zero-order chi connectivity index (χ0) is 22.0. The summed E-state index contributed by atoms with van der Waals surface area (Å²) in [6, 6.07) is 7.16. The van der Waals surface area contributed by atoms with Gasteiger partial charge in [-0.25, -0.2) is 9.79 Å². The van der Waals surface area contributed by atoms with Crippen molar-refractivity contribution >= 4 is 28.8 Å². The van der Waals surface area contributed by atoms with Gasteiger partial charge in [-0.15, -0.1) is 0 Å². The monoisotopic (exact) mass is 441 g/mol. The van der Waals surface area contributed by atoms with Gasteiger partial charge >= 0.3 is 5.97 Å². The first-order valence-electron chi connectivity index (χ1n) is 10.6. The molecule has 4 rings (SSSR count). The molecular weight excluding hydrogens is 414 g/mol. The Morgan fingerprint density at radius 3 is 2.68 bits per heavy atom. The Labute approximate surface area is 186 Å². The topological polar surface area (TPSA) is 71.4 Å². The highest BCUT2D eigenvalue weighted by molar-refractivity contribution is 8.16. The van der Waals surface area contributed by atoms with Crippen LogP contribution in [0.25, 0.3) is 0 Å². The number of aliphatic imine (C=N–C) groups is 1. The van der Waals surface area contributed by atoms with Crippen molar-refractivity contribution in [1.29, 1.82) is 0 Å². The highest BCUT2D eigenvalue weighted by Crippen LogP contribution is 2.47. The number of esters is 1. The lowest BCUT2D eigenvalue weighted by Crippen LogP contribution is -2.38. The van der Waals surface area contributed by atoms with E-state index in [1.807, 2.05) is 46.4 Å². The molecule has 1 aromatic rings. The van der Waals surface area contributed by atoms with Gasteiger partial charge in [-0.2, -0.15) is 0 Å². The normalized spacial score (nSPS) is 20.4. The van der Waals surface area contributed by atoms with E-state index in [0.717, 1.165) is 42.4 Å². The number of allylic oxidation sites excluding steroid dienone is 1. The maximum atomic E-state index is 13.0. The molecule has 1 fully saturated rings. The first kappa shape index (κ1) is 21.5. The maximum Gasteiger partial charge on any atom is 0.338 e. The van der Waals surface area contributed by atoms with E-state index < -0.39 is 12.0 Å². The largest absolute Gasteiger partial charge is 0.496 e. The minimum absolute atomic E-state index is 0.105. The number of hydrogen-bond acceptors (Lipinski definition) is 7. The maximum absolute atomic E-state index is 13.0. The quantitative estimate of drug-likeness (QED) is 0.625. The summed E-state index contributed by atoms with van der Waals surface area (Å²) >= 11 is 1.48. The van der Waals surface area contributed by atoms with Crippen LogP contribution in [0.4, 0.5) is 0 Å². The zero-order valence-electron chi connectivity index (χ0n) is 18.1. The number of benzene rings is 1. The Hall–Kier alpha value is -2.74. The highest BCUT2D eigenvalue weighted by atomic mass is 32.2. The fourth-order valence-corrected chi connectivity index (χ4v) is 5.22. The lowest BCUT2D eigenvalue weighted by atomic mass is 9.93. The third-order valence-corrected chi connectivity index (χ3v) is 6.61. The van der Waals surface area contributed by atoms with Crippen LogP contribution >= 0.6 is 11.8 Å². The van der Waals surface area contributed by atoms with Gasteiger partial charge in [-0.3, -0.25) is 4.79 Å². The van der Waals surface area contributed by atoms with Gasteiger partial charge in [0, 0.05) is 24.4 Å². The Kier molecular flexibility index (Phi) is 6.36. The van der Waals surface area contributed by atoms with E-state index in [0.29, 0.717) is 17.0 Å². The molecule has 0 bridgehead atoms. The third-order valence-electron chi connectivity index (χ3n) is 5.72. The average molecular weight is 442 g/mol. The van der Waals surface area contributed by atoms with E-state index in [2.05, 4.69) is 4.99 Å². The molecule has 0 radical (unpaired) electrons. The molecule has 1 aromatic carbocycles. The van der Waals surface area contributed by atoms with Crippen LogP contribution in [-0.4, -0.2) is 53.7 Å². The predicted octanol–water partition coefficient (Wildman–Crippen LogP) is 3.85. The molecule has 0 aliphatic carbocycles. The van der Waals surface area contributed by atoms with Crippen LogP contribution in [0.15, 0.2) is 51.6 Å². The van der Waals surface area contributed by atoms with E-state index in [1.54, 1.807) is 14.0 Å². The van der Waals surface area contributed by atoms with Crippen LogP contribution in [-0.2, 0) is 14.3 Å². The number of nitrogens with zero attached hydrogens (tertiary/aromatic N) is 3. The number of likely N-dealkylation sites (tertiary alicyclic amines) is 1. The minimum atomic E-state index is -0.477. The number of rotatable bonds is 6. The summed E-state index contributed by atoms with van der Waals surface area (Å²) < 4.78 is 11.0. The van der Waals surface area contributed by atoms with E-state index in [9.17, 15) is 9.59 Å². The fourth-order valence-electron chi connectivity index (χ4n) is 4.26. The van der Waals surface area contributed by atoms with Gasteiger partial charge in [0.2, 0.25) is 5.91 Å². The molecule has 164 valence electrons. The molecule has 1 amide bonds. The van der Waals surface area contributed by atoms with Crippen molar-refractivity contribution in [1.82, 2.24) is 9.80 Å². The van der Waals surface area contributed by atoms with Crippen molar-refractivity contribution < 1.29 is 19.1 Å². The molecule has 0 aromatic heterocycles. The fraction of sp³-hybridized carbons (Fsp3) is 0.435. The third kappa shape index (κ3) is 4.08. The lowest BCUT2D eigenvalue weighted by Gasteiger charge is -2.37.